The van der Waals surface area contributed by atoms with Crippen LogP contribution >= 0.6 is 0 Å². The zero-order chi connectivity index (χ0) is 14.8. The summed E-state index contributed by atoms with van der Waals surface area (Å²) in [6, 6.07) is 8.89. The molecule has 108 valence electrons. The van der Waals surface area contributed by atoms with Gasteiger partial charge in [0.05, 0.1) is 6.54 Å². The fraction of sp³-hybridized carbons (Fsp3) is 0.214. The van der Waals surface area contributed by atoms with Gasteiger partial charge >= 0.3 is 12.0 Å². The summed E-state index contributed by atoms with van der Waals surface area (Å²) in [5.41, 5.74) is 2.06. The largest absolute Gasteiger partial charge is 0.476 e. The number of carboxylic acids is 1. The molecule has 7 nitrogen and oxygen atoms in total. The number of carbonyl (C=O) groups excluding carboxylic acids is 1. The van der Waals surface area contributed by atoms with Crippen LogP contribution in [0.1, 0.15) is 21.7 Å². The average Bonchev–Trinajstić information content (AvgIpc) is 2.91. The number of hydrogen-bond acceptors (Lipinski definition) is 3. The molecular formula is C14H14N4O3. The number of rotatable bonds is 2. The van der Waals surface area contributed by atoms with Crippen LogP contribution in [0.4, 0.5) is 10.5 Å². The van der Waals surface area contributed by atoms with Gasteiger partial charge in [-0.15, -0.1) is 0 Å². The normalized spacial score (nSPS) is 13.6. The lowest BCUT2D eigenvalue weighted by atomic mass is 10.1. The highest BCUT2D eigenvalue weighted by Gasteiger charge is 2.27. The SMILES string of the molecule is O=C(O)c1n[nH]c2c1CN(C(=O)Nc1ccccc1)CC2. The minimum absolute atomic E-state index is 0.0118. The number of aromatic amines is 1. The molecule has 0 fully saturated rings. The average molecular weight is 286 g/mol. The van der Waals surface area contributed by atoms with Crippen LogP contribution in [0.2, 0.25) is 0 Å². The van der Waals surface area contributed by atoms with Gasteiger partial charge < -0.3 is 15.3 Å². The second-order valence-corrected chi connectivity index (χ2v) is 4.80. The number of hydrogen-bond donors (Lipinski definition) is 3. The van der Waals surface area contributed by atoms with Crippen molar-refractivity contribution in [3.05, 3.63) is 47.3 Å². The molecule has 0 bridgehead atoms. The molecule has 0 unspecified atom stereocenters. The van der Waals surface area contributed by atoms with E-state index in [4.69, 9.17) is 5.11 Å². The van der Waals surface area contributed by atoms with Gasteiger partial charge in [-0.2, -0.15) is 5.10 Å². The summed E-state index contributed by atoms with van der Waals surface area (Å²) < 4.78 is 0. The molecule has 0 spiro atoms. The van der Waals surface area contributed by atoms with Crippen molar-refractivity contribution in [3.63, 3.8) is 0 Å². The molecule has 7 heteroatoms. The molecule has 1 aliphatic rings. The lowest BCUT2D eigenvalue weighted by Gasteiger charge is -2.27. The number of aromatic carboxylic acids is 1. The van der Waals surface area contributed by atoms with Gasteiger partial charge in [0.1, 0.15) is 0 Å². The molecule has 2 aromatic rings. The summed E-state index contributed by atoms with van der Waals surface area (Å²) in [5.74, 6) is -1.09. The molecule has 1 aliphatic heterocycles. The minimum Gasteiger partial charge on any atom is -0.476 e. The van der Waals surface area contributed by atoms with Crippen molar-refractivity contribution in [3.8, 4) is 0 Å². The summed E-state index contributed by atoms with van der Waals surface area (Å²) in [7, 11) is 0. The lowest BCUT2D eigenvalue weighted by molar-refractivity contribution is 0.0688. The highest BCUT2D eigenvalue weighted by Crippen LogP contribution is 2.21. The molecule has 21 heavy (non-hydrogen) atoms. The first-order chi connectivity index (χ1) is 10.1. The van der Waals surface area contributed by atoms with Crippen LogP contribution in [0.3, 0.4) is 0 Å². The smallest absolute Gasteiger partial charge is 0.356 e. The molecular weight excluding hydrogens is 272 g/mol. The highest BCUT2D eigenvalue weighted by molar-refractivity contribution is 5.90. The fourth-order valence-corrected chi connectivity index (χ4v) is 2.37. The molecule has 3 N–H and O–H groups in total. The van der Waals surface area contributed by atoms with Crippen LogP contribution < -0.4 is 5.32 Å². The number of nitrogens with zero attached hydrogens (tertiary/aromatic N) is 2. The maximum absolute atomic E-state index is 12.2. The molecule has 1 aromatic carbocycles. The zero-order valence-corrected chi connectivity index (χ0v) is 11.2. The molecule has 0 aliphatic carbocycles. The Hall–Kier alpha value is -2.83. The van der Waals surface area contributed by atoms with Gasteiger partial charge in [-0.3, -0.25) is 5.10 Å². The number of anilines is 1. The summed E-state index contributed by atoms with van der Waals surface area (Å²) in [6.45, 7) is 0.763. The Morgan fingerprint density at radius 3 is 2.76 bits per heavy atom. The lowest BCUT2D eigenvalue weighted by Crippen LogP contribution is -2.39. The summed E-state index contributed by atoms with van der Waals surface area (Å²) in [5, 5.41) is 18.4. The Bertz CT molecular complexity index is 681. The number of carbonyl (C=O) groups is 2. The van der Waals surface area contributed by atoms with Crippen molar-refractivity contribution in [2.24, 2.45) is 0 Å². The summed E-state index contributed by atoms with van der Waals surface area (Å²) in [4.78, 5) is 24.9. The first-order valence-electron chi connectivity index (χ1n) is 6.55. The number of para-hydroxylation sites is 1. The summed E-state index contributed by atoms with van der Waals surface area (Å²) >= 11 is 0. The maximum Gasteiger partial charge on any atom is 0.356 e. The monoisotopic (exact) mass is 286 g/mol. The molecule has 0 saturated heterocycles. The quantitative estimate of drug-likeness (QED) is 0.782. The number of amides is 2. The summed E-state index contributed by atoms with van der Waals surface area (Å²) in [6.07, 6.45) is 0.567. The van der Waals surface area contributed by atoms with Gasteiger partial charge in [0, 0.05) is 29.9 Å². The number of benzene rings is 1. The van der Waals surface area contributed by atoms with E-state index in [-0.39, 0.29) is 18.3 Å². The second kappa shape index (κ2) is 5.28. The van der Waals surface area contributed by atoms with Crippen molar-refractivity contribution in [2.75, 3.05) is 11.9 Å². The van der Waals surface area contributed by atoms with Gasteiger partial charge in [-0.1, -0.05) is 18.2 Å². The van der Waals surface area contributed by atoms with Crippen molar-refractivity contribution >= 4 is 17.7 Å². The Morgan fingerprint density at radius 2 is 2.05 bits per heavy atom. The predicted molar refractivity (Wildman–Crippen MR) is 75.1 cm³/mol. The maximum atomic E-state index is 12.2. The van der Waals surface area contributed by atoms with E-state index in [2.05, 4.69) is 15.5 Å². The molecule has 0 radical (unpaired) electrons. The number of carboxylic acid groups (broad SMARTS) is 1. The molecule has 0 saturated carbocycles. The van der Waals surface area contributed by atoms with E-state index in [1.807, 2.05) is 18.2 Å². The minimum atomic E-state index is -1.09. The molecule has 3 rings (SSSR count). The molecule has 2 amide bonds. The van der Waals surface area contributed by atoms with E-state index < -0.39 is 5.97 Å². The van der Waals surface area contributed by atoms with Crippen LogP contribution in [0.5, 0.6) is 0 Å². The number of fused-ring (bicyclic) bond motifs is 1. The van der Waals surface area contributed by atoms with Crippen LogP contribution in [0.25, 0.3) is 0 Å². The van der Waals surface area contributed by atoms with E-state index in [0.29, 0.717) is 24.2 Å². The van der Waals surface area contributed by atoms with Crippen molar-refractivity contribution < 1.29 is 14.7 Å². The van der Waals surface area contributed by atoms with Crippen LogP contribution in [-0.4, -0.2) is 38.7 Å². The van der Waals surface area contributed by atoms with Gasteiger partial charge in [-0.25, -0.2) is 9.59 Å². The van der Waals surface area contributed by atoms with E-state index in [0.717, 1.165) is 5.69 Å². The number of H-pyrrole nitrogens is 1. The van der Waals surface area contributed by atoms with Gasteiger partial charge in [0.2, 0.25) is 0 Å². The Labute approximate surface area is 120 Å². The third kappa shape index (κ3) is 2.58. The third-order valence-corrected chi connectivity index (χ3v) is 3.45. The van der Waals surface area contributed by atoms with Crippen LogP contribution in [0, 0.1) is 0 Å². The molecule has 2 heterocycles. The van der Waals surface area contributed by atoms with Gasteiger partial charge in [-0.05, 0) is 12.1 Å². The fourth-order valence-electron chi connectivity index (χ4n) is 2.37. The molecule has 1 aromatic heterocycles. The highest BCUT2D eigenvalue weighted by atomic mass is 16.4. The molecule has 0 atom stereocenters. The first-order valence-corrected chi connectivity index (χ1v) is 6.55. The van der Waals surface area contributed by atoms with Gasteiger partial charge in [0.15, 0.2) is 5.69 Å². The van der Waals surface area contributed by atoms with E-state index in [9.17, 15) is 9.59 Å². The number of urea groups is 1. The number of aromatic nitrogens is 2. The first kappa shape index (κ1) is 13.2. The van der Waals surface area contributed by atoms with Crippen molar-refractivity contribution in [1.82, 2.24) is 15.1 Å². The standard InChI is InChI=1S/C14H14N4O3/c19-13(20)12-10-8-18(7-6-11(10)16-17-12)14(21)15-9-4-2-1-3-5-9/h1-5H,6-8H2,(H,15,21)(H,16,17)(H,19,20). The van der Waals surface area contributed by atoms with Crippen molar-refractivity contribution in [1.29, 1.82) is 0 Å². The Balaban J connectivity index is 1.75. The zero-order valence-electron chi connectivity index (χ0n) is 11.2. The van der Waals surface area contributed by atoms with Crippen LogP contribution in [0.15, 0.2) is 30.3 Å². The Kier molecular flexibility index (Phi) is 3.31. The van der Waals surface area contributed by atoms with E-state index in [1.54, 1.807) is 17.0 Å². The van der Waals surface area contributed by atoms with Crippen molar-refractivity contribution in [2.45, 2.75) is 13.0 Å². The van der Waals surface area contributed by atoms with Gasteiger partial charge in [0.25, 0.3) is 0 Å². The Morgan fingerprint density at radius 1 is 1.29 bits per heavy atom. The third-order valence-electron chi connectivity index (χ3n) is 3.45. The van der Waals surface area contributed by atoms with E-state index in [1.165, 1.54) is 0 Å². The second-order valence-electron chi connectivity index (χ2n) is 4.80. The van der Waals surface area contributed by atoms with Crippen LogP contribution in [-0.2, 0) is 13.0 Å². The topological polar surface area (TPSA) is 98.3 Å². The van der Waals surface area contributed by atoms with E-state index >= 15 is 0 Å². The predicted octanol–water partition coefficient (Wildman–Crippen LogP) is 1.70. The number of nitrogens with one attached hydrogen (secondary N) is 2.